The van der Waals surface area contributed by atoms with Gasteiger partial charge >= 0.3 is 0 Å². The number of nitrogens with zero attached hydrogens (tertiary/aromatic N) is 1. The molecule has 2 aromatic carbocycles. The molecule has 0 amide bonds. The number of halogens is 1. The van der Waals surface area contributed by atoms with Crippen LogP contribution < -0.4 is 5.73 Å². The van der Waals surface area contributed by atoms with Crippen LogP contribution in [0, 0.1) is 0 Å². The van der Waals surface area contributed by atoms with Gasteiger partial charge in [0.2, 0.25) is 0 Å². The molecular weight excluding hydrogens is 324 g/mol. The highest BCUT2D eigenvalue weighted by molar-refractivity contribution is 9.10. The SMILES string of the molecule is Cn1cc(CC(CN)c2ccc(Br)cc2)c2ccccc21. The van der Waals surface area contributed by atoms with Gasteiger partial charge in [-0.3, -0.25) is 0 Å². The number of aromatic nitrogens is 1. The molecule has 0 saturated carbocycles. The number of para-hydroxylation sites is 1. The van der Waals surface area contributed by atoms with Crippen molar-refractivity contribution in [1.82, 2.24) is 4.57 Å². The molecular formula is C18H19BrN2. The van der Waals surface area contributed by atoms with Gasteiger partial charge in [0.15, 0.2) is 0 Å². The third kappa shape index (κ3) is 2.89. The Morgan fingerprint density at radius 3 is 2.52 bits per heavy atom. The minimum absolute atomic E-state index is 0.351. The van der Waals surface area contributed by atoms with Crippen LogP contribution in [-0.2, 0) is 13.5 Å². The van der Waals surface area contributed by atoms with Crippen molar-refractivity contribution in [3.63, 3.8) is 0 Å². The molecule has 0 fully saturated rings. The van der Waals surface area contributed by atoms with Crippen molar-refractivity contribution in [2.24, 2.45) is 12.8 Å². The predicted octanol–water partition coefficient (Wildman–Crippen LogP) is 4.23. The summed E-state index contributed by atoms with van der Waals surface area (Å²) in [6.07, 6.45) is 3.20. The van der Waals surface area contributed by atoms with Crippen LogP contribution in [0.5, 0.6) is 0 Å². The predicted molar refractivity (Wildman–Crippen MR) is 92.6 cm³/mol. The lowest BCUT2D eigenvalue weighted by atomic mass is 9.92. The molecule has 0 bridgehead atoms. The third-order valence-corrected chi connectivity index (χ3v) is 4.60. The van der Waals surface area contributed by atoms with E-state index in [0.717, 1.165) is 10.9 Å². The maximum atomic E-state index is 6.02. The van der Waals surface area contributed by atoms with E-state index in [1.165, 1.54) is 22.0 Å². The molecule has 0 saturated heterocycles. The standard InChI is InChI=1S/C18H19BrN2/c1-21-12-15(17-4-2-3-5-18(17)21)10-14(11-20)13-6-8-16(19)9-7-13/h2-9,12,14H,10-11,20H2,1H3. The van der Waals surface area contributed by atoms with E-state index in [4.69, 9.17) is 5.73 Å². The molecule has 0 aliphatic carbocycles. The van der Waals surface area contributed by atoms with Gasteiger partial charge in [-0.15, -0.1) is 0 Å². The van der Waals surface area contributed by atoms with E-state index in [-0.39, 0.29) is 0 Å². The van der Waals surface area contributed by atoms with Crippen LogP contribution in [0.3, 0.4) is 0 Å². The molecule has 108 valence electrons. The van der Waals surface area contributed by atoms with Gasteiger partial charge in [-0.25, -0.2) is 0 Å². The normalized spacial score (nSPS) is 12.7. The highest BCUT2D eigenvalue weighted by Gasteiger charge is 2.14. The number of hydrogen-bond donors (Lipinski definition) is 1. The highest BCUT2D eigenvalue weighted by atomic mass is 79.9. The molecule has 0 aliphatic heterocycles. The Balaban J connectivity index is 1.94. The van der Waals surface area contributed by atoms with E-state index in [1.807, 2.05) is 0 Å². The van der Waals surface area contributed by atoms with Crippen LogP contribution in [0.2, 0.25) is 0 Å². The van der Waals surface area contributed by atoms with Crippen molar-refractivity contribution in [3.05, 3.63) is 70.3 Å². The topological polar surface area (TPSA) is 30.9 Å². The van der Waals surface area contributed by atoms with Gasteiger partial charge < -0.3 is 10.3 Å². The fraction of sp³-hybridized carbons (Fsp3) is 0.222. The summed E-state index contributed by atoms with van der Waals surface area (Å²) >= 11 is 3.48. The van der Waals surface area contributed by atoms with Crippen molar-refractivity contribution < 1.29 is 0 Å². The van der Waals surface area contributed by atoms with E-state index in [2.05, 4.69) is 82.3 Å². The second kappa shape index (κ2) is 6.04. The highest BCUT2D eigenvalue weighted by Crippen LogP contribution is 2.27. The van der Waals surface area contributed by atoms with Crippen LogP contribution in [0.1, 0.15) is 17.0 Å². The third-order valence-electron chi connectivity index (χ3n) is 4.07. The van der Waals surface area contributed by atoms with Gasteiger partial charge in [0.05, 0.1) is 0 Å². The fourth-order valence-corrected chi connectivity index (χ4v) is 3.19. The average Bonchev–Trinajstić information content (AvgIpc) is 2.83. The van der Waals surface area contributed by atoms with Gasteiger partial charge in [-0.05, 0) is 42.3 Å². The van der Waals surface area contributed by atoms with Crippen molar-refractivity contribution in [2.45, 2.75) is 12.3 Å². The summed E-state index contributed by atoms with van der Waals surface area (Å²) in [6.45, 7) is 0.658. The molecule has 0 spiro atoms. The van der Waals surface area contributed by atoms with Crippen LogP contribution >= 0.6 is 15.9 Å². The summed E-state index contributed by atoms with van der Waals surface area (Å²) in [6, 6.07) is 17.0. The second-order valence-electron chi connectivity index (χ2n) is 5.47. The molecule has 2 N–H and O–H groups in total. The molecule has 2 nitrogen and oxygen atoms in total. The largest absolute Gasteiger partial charge is 0.350 e. The lowest BCUT2D eigenvalue weighted by Gasteiger charge is -2.15. The molecule has 3 rings (SSSR count). The van der Waals surface area contributed by atoms with Crippen molar-refractivity contribution in [3.8, 4) is 0 Å². The van der Waals surface area contributed by atoms with Crippen molar-refractivity contribution in [1.29, 1.82) is 0 Å². The fourth-order valence-electron chi connectivity index (χ4n) is 2.93. The van der Waals surface area contributed by atoms with Gasteiger partial charge in [-0.1, -0.05) is 46.3 Å². The minimum Gasteiger partial charge on any atom is -0.350 e. The zero-order chi connectivity index (χ0) is 14.8. The summed E-state index contributed by atoms with van der Waals surface area (Å²) in [5.41, 5.74) is 9.97. The van der Waals surface area contributed by atoms with Crippen LogP contribution in [0.4, 0.5) is 0 Å². The van der Waals surface area contributed by atoms with E-state index in [0.29, 0.717) is 12.5 Å². The average molecular weight is 343 g/mol. The zero-order valence-corrected chi connectivity index (χ0v) is 13.7. The molecule has 0 aliphatic rings. The number of aryl methyl sites for hydroxylation is 1. The lowest BCUT2D eigenvalue weighted by molar-refractivity contribution is 0.695. The van der Waals surface area contributed by atoms with E-state index in [1.54, 1.807) is 0 Å². The Bertz CT molecular complexity index is 744. The molecule has 1 heterocycles. The monoisotopic (exact) mass is 342 g/mol. The summed E-state index contributed by atoms with van der Waals surface area (Å²) in [7, 11) is 2.10. The van der Waals surface area contributed by atoms with Gasteiger partial charge in [0.25, 0.3) is 0 Å². The Morgan fingerprint density at radius 2 is 1.81 bits per heavy atom. The van der Waals surface area contributed by atoms with Gasteiger partial charge in [0.1, 0.15) is 0 Å². The molecule has 3 aromatic rings. The molecule has 1 aromatic heterocycles. The Labute approximate surface area is 133 Å². The van der Waals surface area contributed by atoms with Crippen LogP contribution in [-0.4, -0.2) is 11.1 Å². The van der Waals surface area contributed by atoms with E-state index >= 15 is 0 Å². The van der Waals surface area contributed by atoms with E-state index < -0.39 is 0 Å². The van der Waals surface area contributed by atoms with E-state index in [9.17, 15) is 0 Å². The smallest absolute Gasteiger partial charge is 0.0480 e. The first-order valence-electron chi connectivity index (χ1n) is 7.17. The van der Waals surface area contributed by atoms with Crippen LogP contribution in [0.25, 0.3) is 10.9 Å². The Hall–Kier alpha value is -1.58. The quantitative estimate of drug-likeness (QED) is 0.755. The lowest BCUT2D eigenvalue weighted by Crippen LogP contribution is -2.14. The minimum atomic E-state index is 0.351. The van der Waals surface area contributed by atoms with Crippen LogP contribution in [0.15, 0.2) is 59.2 Å². The maximum absolute atomic E-state index is 6.02. The Kier molecular flexibility index (Phi) is 4.13. The van der Waals surface area contributed by atoms with Gasteiger partial charge in [0, 0.05) is 34.5 Å². The van der Waals surface area contributed by atoms with Gasteiger partial charge in [-0.2, -0.15) is 0 Å². The van der Waals surface area contributed by atoms with Crippen molar-refractivity contribution in [2.75, 3.05) is 6.54 Å². The number of fused-ring (bicyclic) bond motifs is 1. The first-order chi connectivity index (χ1) is 10.2. The Morgan fingerprint density at radius 1 is 1.10 bits per heavy atom. The maximum Gasteiger partial charge on any atom is 0.0480 e. The first-order valence-corrected chi connectivity index (χ1v) is 7.97. The summed E-state index contributed by atoms with van der Waals surface area (Å²) in [5, 5.41) is 1.33. The number of hydrogen-bond acceptors (Lipinski definition) is 1. The second-order valence-corrected chi connectivity index (χ2v) is 6.39. The molecule has 0 radical (unpaired) electrons. The summed E-state index contributed by atoms with van der Waals surface area (Å²) in [4.78, 5) is 0. The number of nitrogens with two attached hydrogens (primary N) is 1. The molecule has 21 heavy (non-hydrogen) atoms. The number of benzene rings is 2. The molecule has 3 heteroatoms. The zero-order valence-electron chi connectivity index (χ0n) is 12.1. The summed E-state index contributed by atoms with van der Waals surface area (Å²) < 4.78 is 3.30. The first kappa shape index (κ1) is 14.4. The molecule has 1 atom stereocenters. The number of rotatable bonds is 4. The van der Waals surface area contributed by atoms with Crippen molar-refractivity contribution >= 4 is 26.8 Å². The molecule has 1 unspecified atom stereocenters. The summed E-state index contributed by atoms with van der Waals surface area (Å²) in [5.74, 6) is 0.351.